The van der Waals surface area contributed by atoms with Crippen LogP contribution in [-0.2, 0) is 13.6 Å². The van der Waals surface area contributed by atoms with E-state index in [4.69, 9.17) is 11.6 Å². The summed E-state index contributed by atoms with van der Waals surface area (Å²) in [4.78, 5) is 23.2. The molecule has 0 fully saturated rings. The Morgan fingerprint density at radius 1 is 1.36 bits per heavy atom. The van der Waals surface area contributed by atoms with Crippen molar-refractivity contribution >= 4 is 29.1 Å². The number of benzene rings is 1. The number of aryl methyl sites for hydroxylation is 1. The number of nitrogens with one attached hydrogen (secondary N) is 2. The van der Waals surface area contributed by atoms with E-state index < -0.39 is 0 Å². The third kappa shape index (κ3) is 3.65. The van der Waals surface area contributed by atoms with E-state index in [0.29, 0.717) is 22.8 Å². The van der Waals surface area contributed by atoms with E-state index in [2.05, 4.69) is 15.7 Å². The minimum atomic E-state index is -0.352. The molecule has 0 aliphatic carbocycles. The molecule has 0 saturated carbocycles. The summed E-state index contributed by atoms with van der Waals surface area (Å²) >= 11 is 6.00. The summed E-state index contributed by atoms with van der Waals surface area (Å²) in [6, 6.07) is 4.42. The molecule has 7 heteroatoms. The van der Waals surface area contributed by atoms with Crippen molar-refractivity contribution in [1.82, 2.24) is 15.1 Å². The molecule has 0 unspecified atom stereocenters. The number of anilines is 1. The summed E-state index contributed by atoms with van der Waals surface area (Å²) in [7, 11) is 1.84. The summed E-state index contributed by atoms with van der Waals surface area (Å²) < 4.78 is 1.75. The van der Waals surface area contributed by atoms with Gasteiger partial charge in [-0.05, 0) is 32.0 Å². The number of aromatic nitrogens is 2. The van der Waals surface area contributed by atoms with E-state index in [-0.39, 0.29) is 11.8 Å². The molecule has 0 spiro atoms. The molecule has 2 N–H and O–H groups in total. The van der Waals surface area contributed by atoms with E-state index in [1.54, 1.807) is 29.1 Å². The number of halogens is 1. The lowest BCUT2D eigenvalue weighted by Gasteiger charge is -2.09. The zero-order valence-corrected chi connectivity index (χ0v) is 13.4. The van der Waals surface area contributed by atoms with Crippen molar-refractivity contribution in [3.8, 4) is 0 Å². The standard InChI is InChI=1S/C15H17ClN4O2/c1-9-11(8-18-20(9)3)7-17-15(22)19-12-4-5-13(10(2)21)14(16)6-12/h4-6,8H,7H2,1-3H3,(H2,17,19,22). The molecule has 6 nitrogen and oxygen atoms in total. The van der Waals surface area contributed by atoms with Crippen molar-refractivity contribution < 1.29 is 9.59 Å². The van der Waals surface area contributed by atoms with E-state index in [1.807, 2.05) is 14.0 Å². The van der Waals surface area contributed by atoms with Crippen LogP contribution in [-0.4, -0.2) is 21.6 Å². The zero-order valence-electron chi connectivity index (χ0n) is 12.6. The highest BCUT2D eigenvalue weighted by Gasteiger charge is 2.09. The number of urea groups is 1. The molecule has 0 radical (unpaired) electrons. The third-order valence-corrected chi connectivity index (χ3v) is 3.70. The first kappa shape index (κ1) is 16.0. The van der Waals surface area contributed by atoms with E-state index >= 15 is 0 Å². The van der Waals surface area contributed by atoms with Gasteiger partial charge in [-0.1, -0.05) is 11.6 Å². The quantitative estimate of drug-likeness (QED) is 0.850. The second-order valence-electron chi connectivity index (χ2n) is 4.94. The highest BCUT2D eigenvalue weighted by molar-refractivity contribution is 6.34. The predicted molar refractivity (Wildman–Crippen MR) is 85.3 cm³/mol. The fourth-order valence-corrected chi connectivity index (χ4v) is 2.26. The minimum Gasteiger partial charge on any atom is -0.334 e. The van der Waals surface area contributed by atoms with Crippen molar-refractivity contribution in [2.45, 2.75) is 20.4 Å². The summed E-state index contributed by atoms with van der Waals surface area (Å²) in [5.74, 6) is -0.118. The number of carbonyl (C=O) groups is 2. The van der Waals surface area contributed by atoms with Crippen LogP contribution >= 0.6 is 11.6 Å². The van der Waals surface area contributed by atoms with Crippen molar-refractivity contribution in [1.29, 1.82) is 0 Å². The molecule has 116 valence electrons. The third-order valence-electron chi connectivity index (χ3n) is 3.38. The highest BCUT2D eigenvalue weighted by atomic mass is 35.5. The number of Topliss-reactive ketones (excluding diaryl/α,β-unsaturated/α-hetero) is 1. The lowest BCUT2D eigenvalue weighted by molar-refractivity contribution is 0.101. The van der Waals surface area contributed by atoms with Gasteiger partial charge in [-0.25, -0.2) is 4.79 Å². The summed E-state index contributed by atoms with van der Waals surface area (Å²) in [5, 5.41) is 9.84. The summed E-state index contributed by atoms with van der Waals surface area (Å²) in [5.41, 5.74) is 2.89. The van der Waals surface area contributed by atoms with E-state index in [0.717, 1.165) is 11.3 Å². The van der Waals surface area contributed by atoms with Crippen molar-refractivity contribution in [2.24, 2.45) is 7.05 Å². The molecule has 0 saturated heterocycles. The highest BCUT2D eigenvalue weighted by Crippen LogP contribution is 2.21. The first-order valence-electron chi connectivity index (χ1n) is 6.71. The largest absolute Gasteiger partial charge is 0.334 e. The number of rotatable bonds is 4. The number of hydrogen-bond donors (Lipinski definition) is 2. The molecule has 1 aromatic heterocycles. The number of amides is 2. The molecular formula is C15H17ClN4O2. The van der Waals surface area contributed by atoms with Gasteiger partial charge in [0.05, 0.1) is 11.2 Å². The van der Waals surface area contributed by atoms with Crippen LogP contribution in [0.4, 0.5) is 10.5 Å². The normalized spacial score (nSPS) is 10.4. The van der Waals surface area contributed by atoms with Gasteiger partial charge < -0.3 is 10.6 Å². The van der Waals surface area contributed by atoms with Crippen molar-refractivity contribution in [2.75, 3.05) is 5.32 Å². The molecule has 2 aromatic rings. The first-order chi connectivity index (χ1) is 10.4. The average molecular weight is 321 g/mol. The second-order valence-corrected chi connectivity index (χ2v) is 5.34. The number of hydrogen-bond acceptors (Lipinski definition) is 3. The van der Waals surface area contributed by atoms with Crippen LogP contribution in [0.5, 0.6) is 0 Å². The average Bonchev–Trinajstić information content (AvgIpc) is 2.76. The van der Waals surface area contributed by atoms with Gasteiger partial charge in [0.25, 0.3) is 0 Å². The lowest BCUT2D eigenvalue weighted by Crippen LogP contribution is -2.28. The number of ketones is 1. The Hall–Kier alpha value is -2.34. The Kier molecular flexibility index (Phi) is 4.82. The predicted octanol–water partition coefficient (Wildman–Crippen LogP) is 2.91. The van der Waals surface area contributed by atoms with Crippen molar-refractivity contribution in [3.05, 3.63) is 46.2 Å². The Bertz CT molecular complexity index is 724. The van der Waals surface area contributed by atoms with Crippen LogP contribution in [0, 0.1) is 6.92 Å². The first-order valence-corrected chi connectivity index (χ1v) is 7.09. The fraction of sp³-hybridized carbons (Fsp3) is 0.267. The van der Waals surface area contributed by atoms with Gasteiger partial charge in [0, 0.05) is 36.1 Å². The maximum absolute atomic E-state index is 11.9. The van der Waals surface area contributed by atoms with Gasteiger partial charge in [-0.15, -0.1) is 0 Å². The van der Waals surface area contributed by atoms with Gasteiger partial charge in [0.2, 0.25) is 0 Å². The molecule has 22 heavy (non-hydrogen) atoms. The Labute approximate surface area is 133 Å². The van der Waals surface area contributed by atoms with Crippen molar-refractivity contribution in [3.63, 3.8) is 0 Å². The molecule has 1 aromatic carbocycles. The second kappa shape index (κ2) is 6.62. The monoisotopic (exact) mass is 320 g/mol. The maximum atomic E-state index is 11.9. The maximum Gasteiger partial charge on any atom is 0.319 e. The topological polar surface area (TPSA) is 76.0 Å². The SMILES string of the molecule is CC(=O)c1ccc(NC(=O)NCc2cnn(C)c2C)cc1Cl. The Balaban J connectivity index is 1.96. The smallest absolute Gasteiger partial charge is 0.319 e. The molecule has 1 heterocycles. The molecular weight excluding hydrogens is 304 g/mol. The van der Waals surface area contributed by atoms with Crippen LogP contribution in [0.3, 0.4) is 0 Å². The lowest BCUT2D eigenvalue weighted by atomic mass is 10.1. The van der Waals surface area contributed by atoms with Crippen LogP contribution in [0.25, 0.3) is 0 Å². The molecule has 2 amide bonds. The van der Waals surface area contributed by atoms with Gasteiger partial charge in [-0.3, -0.25) is 9.48 Å². The molecule has 2 rings (SSSR count). The van der Waals surface area contributed by atoms with Gasteiger partial charge in [0.1, 0.15) is 0 Å². The number of nitrogens with zero attached hydrogens (tertiary/aromatic N) is 2. The van der Waals surface area contributed by atoms with Gasteiger partial charge in [-0.2, -0.15) is 5.10 Å². The molecule has 0 bridgehead atoms. The van der Waals surface area contributed by atoms with Crippen LogP contribution in [0.1, 0.15) is 28.5 Å². The zero-order chi connectivity index (χ0) is 16.3. The van der Waals surface area contributed by atoms with Gasteiger partial charge in [0.15, 0.2) is 5.78 Å². The number of carbonyl (C=O) groups excluding carboxylic acids is 2. The van der Waals surface area contributed by atoms with Crippen LogP contribution in [0.15, 0.2) is 24.4 Å². The van der Waals surface area contributed by atoms with E-state index in [9.17, 15) is 9.59 Å². The minimum absolute atomic E-state index is 0.118. The van der Waals surface area contributed by atoms with Crippen LogP contribution < -0.4 is 10.6 Å². The summed E-state index contributed by atoms with van der Waals surface area (Å²) in [6.45, 7) is 3.75. The molecule has 0 aliphatic rings. The van der Waals surface area contributed by atoms with Gasteiger partial charge >= 0.3 is 6.03 Å². The Morgan fingerprint density at radius 2 is 2.09 bits per heavy atom. The summed E-state index contributed by atoms with van der Waals surface area (Å²) in [6.07, 6.45) is 1.72. The molecule has 0 atom stereocenters. The van der Waals surface area contributed by atoms with E-state index in [1.165, 1.54) is 6.92 Å². The fourth-order valence-electron chi connectivity index (χ4n) is 1.95. The molecule has 0 aliphatic heterocycles. The van der Waals surface area contributed by atoms with Crippen LogP contribution in [0.2, 0.25) is 5.02 Å². The Morgan fingerprint density at radius 3 is 2.64 bits per heavy atom.